The summed E-state index contributed by atoms with van der Waals surface area (Å²) >= 11 is 1.58. The highest BCUT2D eigenvalue weighted by Gasteiger charge is 2.08. The zero-order chi connectivity index (χ0) is 13.0. The molecule has 0 aliphatic rings. The highest BCUT2D eigenvalue weighted by atomic mass is 32.1. The molecule has 4 N–H and O–H groups in total. The Labute approximate surface area is 108 Å². The molecule has 6 heteroatoms. The zero-order valence-corrected chi connectivity index (χ0v) is 10.2. The van der Waals surface area contributed by atoms with Gasteiger partial charge in [-0.15, -0.1) is 0 Å². The molecule has 0 aliphatic carbocycles. The first kappa shape index (κ1) is 12.4. The summed E-state index contributed by atoms with van der Waals surface area (Å²) in [6, 6.07) is 6.15. The van der Waals surface area contributed by atoms with Gasteiger partial charge in [-0.2, -0.15) is 11.3 Å². The topological polar surface area (TPSA) is 70.6 Å². The predicted molar refractivity (Wildman–Crippen MR) is 70.6 cm³/mol. The van der Waals surface area contributed by atoms with Crippen molar-refractivity contribution < 1.29 is 9.60 Å². The molecule has 0 saturated heterocycles. The van der Waals surface area contributed by atoms with Gasteiger partial charge in [-0.25, -0.2) is 4.39 Å². The van der Waals surface area contributed by atoms with Gasteiger partial charge in [-0.05, 0) is 29.1 Å². The van der Waals surface area contributed by atoms with Crippen LogP contribution in [-0.2, 0) is 6.54 Å². The number of rotatable bonds is 4. The third kappa shape index (κ3) is 2.78. The lowest BCUT2D eigenvalue weighted by atomic mass is 10.1. The van der Waals surface area contributed by atoms with Crippen molar-refractivity contribution in [1.29, 1.82) is 0 Å². The monoisotopic (exact) mass is 265 g/mol. The predicted octanol–water partition coefficient (Wildman–Crippen LogP) is 2.59. The SMILES string of the molecule is NC(=NO)c1cc(F)ccc1CNc1ccsc1. The molecule has 0 radical (unpaired) electrons. The molecule has 4 nitrogen and oxygen atoms in total. The van der Waals surface area contributed by atoms with E-state index in [1.54, 1.807) is 17.4 Å². The van der Waals surface area contributed by atoms with Gasteiger partial charge >= 0.3 is 0 Å². The second-order valence-electron chi connectivity index (χ2n) is 3.65. The summed E-state index contributed by atoms with van der Waals surface area (Å²) in [6.45, 7) is 0.475. The molecule has 2 rings (SSSR count). The third-order valence-corrected chi connectivity index (χ3v) is 3.14. The fraction of sp³-hybridized carbons (Fsp3) is 0.0833. The van der Waals surface area contributed by atoms with Crippen LogP contribution in [0.15, 0.2) is 40.2 Å². The zero-order valence-electron chi connectivity index (χ0n) is 9.43. The molecule has 2 aromatic rings. The van der Waals surface area contributed by atoms with Gasteiger partial charge in [-0.3, -0.25) is 0 Å². The fourth-order valence-electron chi connectivity index (χ4n) is 1.56. The first-order chi connectivity index (χ1) is 8.70. The van der Waals surface area contributed by atoms with E-state index in [1.807, 2.05) is 16.8 Å². The van der Waals surface area contributed by atoms with Gasteiger partial charge in [0, 0.05) is 23.2 Å². The number of anilines is 1. The number of thiophene rings is 1. The number of nitrogens with zero attached hydrogens (tertiary/aromatic N) is 1. The van der Waals surface area contributed by atoms with Crippen molar-refractivity contribution >= 4 is 22.9 Å². The van der Waals surface area contributed by atoms with E-state index in [9.17, 15) is 4.39 Å². The summed E-state index contributed by atoms with van der Waals surface area (Å²) < 4.78 is 13.1. The summed E-state index contributed by atoms with van der Waals surface area (Å²) in [5.74, 6) is -0.521. The highest BCUT2D eigenvalue weighted by Crippen LogP contribution is 2.16. The van der Waals surface area contributed by atoms with Crippen molar-refractivity contribution in [2.75, 3.05) is 5.32 Å². The van der Waals surface area contributed by atoms with Crippen LogP contribution in [0.2, 0.25) is 0 Å². The Bertz CT molecular complexity index is 554. The third-order valence-electron chi connectivity index (χ3n) is 2.46. The highest BCUT2D eigenvalue weighted by molar-refractivity contribution is 7.08. The van der Waals surface area contributed by atoms with Crippen LogP contribution in [0, 0.1) is 5.82 Å². The summed E-state index contributed by atoms with van der Waals surface area (Å²) in [5.41, 5.74) is 7.65. The van der Waals surface area contributed by atoms with Gasteiger partial charge in [-0.1, -0.05) is 11.2 Å². The minimum atomic E-state index is -0.420. The molecule has 0 spiro atoms. The van der Waals surface area contributed by atoms with Crippen molar-refractivity contribution in [3.63, 3.8) is 0 Å². The Morgan fingerprint density at radius 1 is 1.44 bits per heavy atom. The maximum atomic E-state index is 13.1. The molecule has 0 fully saturated rings. The van der Waals surface area contributed by atoms with Gasteiger partial charge in [0.15, 0.2) is 5.84 Å². The van der Waals surface area contributed by atoms with E-state index in [-0.39, 0.29) is 5.84 Å². The summed E-state index contributed by atoms with van der Waals surface area (Å²) in [4.78, 5) is 0. The molecule has 1 aromatic carbocycles. The number of amidine groups is 1. The van der Waals surface area contributed by atoms with Crippen molar-refractivity contribution in [3.05, 3.63) is 52.0 Å². The Hall–Kier alpha value is -2.08. The first-order valence-corrected chi connectivity index (χ1v) is 6.17. The van der Waals surface area contributed by atoms with Crippen LogP contribution in [0.3, 0.4) is 0 Å². The van der Waals surface area contributed by atoms with Crippen LogP contribution in [0.1, 0.15) is 11.1 Å². The van der Waals surface area contributed by atoms with E-state index in [0.29, 0.717) is 12.1 Å². The molecule has 0 saturated carbocycles. The number of halogens is 1. The number of hydrogen-bond acceptors (Lipinski definition) is 4. The van der Waals surface area contributed by atoms with Gasteiger partial charge in [0.05, 0.1) is 0 Å². The Morgan fingerprint density at radius 3 is 2.94 bits per heavy atom. The average molecular weight is 265 g/mol. The van der Waals surface area contributed by atoms with E-state index >= 15 is 0 Å². The molecule has 94 valence electrons. The minimum absolute atomic E-state index is 0.100. The summed E-state index contributed by atoms with van der Waals surface area (Å²) in [6.07, 6.45) is 0. The normalized spacial score (nSPS) is 11.5. The second-order valence-corrected chi connectivity index (χ2v) is 4.43. The fourth-order valence-corrected chi connectivity index (χ4v) is 2.17. The smallest absolute Gasteiger partial charge is 0.170 e. The van der Waals surface area contributed by atoms with Crippen molar-refractivity contribution in [1.82, 2.24) is 0 Å². The van der Waals surface area contributed by atoms with Crippen LogP contribution in [-0.4, -0.2) is 11.0 Å². The number of oxime groups is 1. The lowest BCUT2D eigenvalue weighted by Crippen LogP contribution is -2.17. The van der Waals surface area contributed by atoms with Crippen molar-refractivity contribution in [3.8, 4) is 0 Å². The molecule has 0 bridgehead atoms. The largest absolute Gasteiger partial charge is 0.409 e. The Balaban J connectivity index is 2.21. The van der Waals surface area contributed by atoms with Gasteiger partial charge in [0.25, 0.3) is 0 Å². The summed E-state index contributed by atoms with van der Waals surface area (Å²) in [7, 11) is 0. The molecule has 0 unspecified atom stereocenters. The first-order valence-electron chi connectivity index (χ1n) is 5.23. The van der Waals surface area contributed by atoms with Crippen molar-refractivity contribution in [2.45, 2.75) is 6.54 Å². The maximum absolute atomic E-state index is 13.1. The standard InChI is InChI=1S/C12H12FN3OS/c13-9-2-1-8(11(5-9)12(14)16-17)6-15-10-3-4-18-7-10/h1-5,7,15,17H,6H2,(H2,14,16). The van der Waals surface area contributed by atoms with Gasteiger partial charge in [0.1, 0.15) is 5.82 Å². The number of hydrogen-bond donors (Lipinski definition) is 3. The molecule has 1 aromatic heterocycles. The van der Waals surface area contributed by atoms with Crippen LogP contribution in [0.4, 0.5) is 10.1 Å². The van der Waals surface area contributed by atoms with E-state index < -0.39 is 5.82 Å². The quantitative estimate of drug-likeness (QED) is 0.344. The van der Waals surface area contributed by atoms with Gasteiger partial charge < -0.3 is 16.3 Å². The van der Waals surface area contributed by atoms with Crippen LogP contribution < -0.4 is 11.1 Å². The Kier molecular flexibility index (Phi) is 3.78. The van der Waals surface area contributed by atoms with Crippen molar-refractivity contribution in [2.24, 2.45) is 10.9 Å². The van der Waals surface area contributed by atoms with E-state index in [0.717, 1.165) is 11.3 Å². The van der Waals surface area contributed by atoms with Crippen LogP contribution in [0.25, 0.3) is 0 Å². The molecular weight excluding hydrogens is 253 g/mol. The lowest BCUT2D eigenvalue weighted by molar-refractivity contribution is 0.318. The van der Waals surface area contributed by atoms with Crippen LogP contribution >= 0.6 is 11.3 Å². The maximum Gasteiger partial charge on any atom is 0.170 e. The lowest BCUT2D eigenvalue weighted by Gasteiger charge is -2.09. The molecule has 0 atom stereocenters. The van der Waals surface area contributed by atoms with E-state index in [1.165, 1.54) is 12.1 Å². The number of nitrogens with one attached hydrogen (secondary N) is 1. The Morgan fingerprint density at radius 2 is 2.28 bits per heavy atom. The minimum Gasteiger partial charge on any atom is -0.409 e. The molecule has 0 aliphatic heterocycles. The molecule has 1 heterocycles. The molecule has 18 heavy (non-hydrogen) atoms. The second kappa shape index (κ2) is 5.50. The average Bonchev–Trinajstić information content (AvgIpc) is 2.89. The van der Waals surface area contributed by atoms with Crippen LogP contribution in [0.5, 0.6) is 0 Å². The van der Waals surface area contributed by atoms with E-state index in [2.05, 4.69) is 10.5 Å². The summed E-state index contributed by atoms with van der Waals surface area (Å²) in [5, 5.41) is 18.7. The molecular formula is C12H12FN3OS. The number of benzene rings is 1. The van der Waals surface area contributed by atoms with Gasteiger partial charge in [0.2, 0.25) is 0 Å². The number of nitrogens with two attached hydrogens (primary N) is 1. The molecule has 0 amide bonds. The van der Waals surface area contributed by atoms with E-state index in [4.69, 9.17) is 10.9 Å².